The monoisotopic (exact) mass is 310 g/mol. The molecule has 0 amide bonds. The van der Waals surface area contributed by atoms with Gasteiger partial charge in [-0.2, -0.15) is 0 Å². The Labute approximate surface area is 132 Å². The van der Waals surface area contributed by atoms with E-state index in [1.54, 1.807) is 0 Å². The number of fused-ring (bicyclic) bond motifs is 2. The molecule has 4 fully saturated rings. The molecule has 0 aromatic heterocycles. The van der Waals surface area contributed by atoms with Gasteiger partial charge in [-0.1, -0.05) is 6.92 Å². The summed E-state index contributed by atoms with van der Waals surface area (Å²) in [6.45, 7) is 4.69. The van der Waals surface area contributed by atoms with Crippen LogP contribution in [0.5, 0.6) is 0 Å². The molecular formula is C16H30N4S. The molecule has 5 heteroatoms. The van der Waals surface area contributed by atoms with Crippen LogP contribution in [-0.2, 0) is 0 Å². The van der Waals surface area contributed by atoms with Crippen molar-refractivity contribution >= 4 is 11.8 Å². The molecule has 4 rings (SSSR count). The number of nitrogens with one attached hydrogen (secondary N) is 3. The summed E-state index contributed by atoms with van der Waals surface area (Å²) in [6, 6.07) is 2.31. The normalized spacial score (nSPS) is 57.0. The highest BCUT2D eigenvalue weighted by Crippen LogP contribution is 2.43. The van der Waals surface area contributed by atoms with Gasteiger partial charge in [0.25, 0.3) is 0 Å². The molecule has 0 spiro atoms. The van der Waals surface area contributed by atoms with Crippen molar-refractivity contribution in [3.63, 3.8) is 0 Å². The number of hydrogen-bond acceptors (Lipinski definition) is 5. The van der Waals surface area contributed by atoms with Gasteiger partial charge in [0.2, 0.25) is 0 Å². The first-order valence-electron chi connectivity index (χ1n) is 8.81. The van der Waals surface area contributed by atoms with Crippen molar-refractivity contribution in [3.8, 4) is 0 Å². The van der Waals surface area contributed by atoms with Crippen molar-refractivity contribution in [2.24, 2.45) is 17.6 Å². The van der Waals surface area contributed by atoms with Gasteiger partial charge in [-0.15, -0.1) is 11.8 Å². The van der Waals surface area contributed by atoms with E-state index in [0.717, 1.165) is 5.92 Å². The Bertz CT molecular complexity index is 392. The average Bonchev–Trinajstić information content (AvgIpc) is 2.99. The minimum absolute atomic E-state index is 0.322. The van der Waals surface area contributed by atoms with Crippen molar-refractivity contribution in [3.05, 3.63) is 0 Å². The van der Waals surface area contributed by atoms with E-state index in [9.17, 15) is 0 Å². The molecule has 0 aromatic rings. The molecule has 9 unspecified atom stereocenters. The van der Waals surface area contributed by atoms with Crippen LogP contribution in [0.2, 0.25) is 0 Å². The van der Waals surface area contributed by atoms with Gasteiger partial charge in [0.05, 0.1) is 16.8 Å². The van der Waals surface area contributed by atoms with Crippen molar-refractivity contribution in [1.82, 2.24) is 16.0 Å². The molecule has 0 bridgehead atoms. The summed E-state index contributed by atoms with van der Waals surface area (Å²) in [7, 11) is 0. The Morgan fingerprint density at radius 3 is 2.62 bits per heavy atom. The van der Waals surface area contributed by atoms with Gasteiger partial charge in [0, 0.05) is 24.2 Å². The first-order chi connectivity index (χ1) is 10.1. The fourth-order valence-corrected chi connectivity index (χ4v) is 6.75. The second-order valence-corrected chi connectivity index (χ2v) is 9.17. The topological polar surface area (TPSA) is 62.1 Å². The van der Waals surface area contributed by atoms with Gasteiger partial charge < -0.3 is 11.1 Å². The maximum Gasteiger partial charge on any atom is 0.0715 e. The van der Waals surface area contributed by atoms with Crippen LogP contribution in [-0.4, -0.2) is 41.0 Å². The number of thioether (sulfide) groups is 1. The van der Waals surface area contributed by atoms with E-state index in [2.05, 4.69) is 41.6 Å². The van der Waals surface area contributed by atoms with Crippen LogP contribution >= 0.6 is 11.8 Å². The lowest BCUT2D eigenvalue weighted by Gasteiger charge is -2.32. The van der Waals surface area contributed by atoms with Gasteiger partial charge in [-0.3, -0.25) is 10.6 Å². The zero-order chi connectivity index (χ0) is 14.6. The molecule has 3 aliphatic heterocycles. The number of rotatable bonds is 1. The SMILES string of the molecule is CC1CCC2NC(C3SC4NC(C)CCC4C3N)NC2C1. The van der Waals surface area contributed by atoms with E-state index in [-0.39, 0.29) is 0 Å². The molecule has 21 heavy (non-hydrogen) atoms. The lowest BCUT2D eigenvalue weighted by atomic mass is 9.84. The van der Waals surface area contributed by atoms with Gasteiger partial charge in [-0.05, 0) is 50.9 Å². The minimum Gasteiger partial charge on any atom is -0.326 e. The first-order valence-corrected chi connectivity index (χ1v) is 9.75. The van der Waals surface area contributed by atoms with Crippen molar-refractivity contribution in [1.29, 1.82) is 0 Å². The first kappa shape index (κ1) is 14.8. The Morgan fingerprint density at radius 2 is 1.76 bits per heavy atom. The Kier molecular flexibility index (Phi) is 3.99. The van der Waals surface area contributed by atoms with Crippen molar-refractivity contribution < 1.29 is 0 Å². The van der Waals surface area contributed by atoms with Crippen LogP contribution < -0.4 is 21.7 Å². The summed E-state index contributed by atoms with van der Waals surface area (Å²) in [5, 5.41) is 12.6. The molecule has 1 saturated carbocycles. The van der Waals surface area contributed by atoms with E-state index >= 15 is 0 Å². The quantitative estimate of drug-likeness (QED) is 0.587. The van der Waals surface area contributed by atoms with Gasteiger partial charge in [0.1, 0.15) is 0 Å². The van der Waals surface area contributed by atoms with Crippen LogP contribution in [0, 0.1) is 11.8 Å². The summed E-state index contributed by atoms with van der Waals surface area (Å²) in [4.78, 5) is 0. The zero-order valence-electron chi connectivity index (χ0n) is 13.2. The van der Waals surface area contributed by atoms with Crippen LogP contribution in [0.15, 0.2) is 0 Å². The minimum atomic E-state index is 0.322. The van der Waals surface area contributed by atoms with E-state index < -0.39 is 0 Å². The second kappa shape index (κ2) is 5.68. The van der Waals surface area contributed by atoms with Crippen LogP contribution in [0.1, 0.15) is 46.0 Å². The van der Waals surface area contributed by atoms with Crippen molar-refractivity contribution in [2.45, 2.75) is 86.9 Å². The zero-order valence-corrected chi connectivity index (χ0v) is 14.0. The largest absolute Gasteiger partial charge is 0.326 e. The summed E-state index contributed by atoms with van der Waals surface area (Å²) in [5.74, 6) is 1.52. The molecule has 120 valence electrons. The summed E-state index contributed by atoms with van der Waals surface area (Å²) in [5.41, 5.74) is 6.63. The molecule has 9 atom stereocenters. The maximum atomic E-state index is 6.63. The standard InChI is InChI=1S/C16H30N4S/c1-8-3-6-11-12(7-8)20-15(19-11)14-13(17)10-5-4-9(2)18-16(10)21-14/h8-16,18-20H,3-7,17H2,1-2H3. The molecule has 4 nitrogen and oxygen atoms in total. The van der Waals surface area contributed by atoms with Gasteiger partial charge >= 0.3 is 0 Å². The maximum absolute atomic E-state index is 6.63. The Morgan fingerprint density at radius 1 is 0.952 bits per heavy atom. The predicted molar refractivity (Wildman–Crippen MR) is 89.1 cm³/mol. The van der Waals surface area contributed by atoms with E-state index in [1.165, 1.54) is 32.1 Å². The fourth-order valence-electron chi connectivity index (χ4n) is 4.88. The number of nitrogens with two attached hydrogens (primary N) is 1. The average molecular weight is 311 g/mol. The smallest absolute Gasteiger partial charge is 0.0715 e. The Balaban J connectivity index is 1.43. The summed E-state index contributed by atoms with van der Waals surface area (Å²) >= 11 is 2.09. The molecule has 0 radical (unpaired) electrons. The predicted octanol–water partition coefficient (Wildman–Crippen LogP) is 1.22. The van der Waals surface area contributed by atoms with E-state index in [4.69, 9.17) is 5.73 Å². The molecule has 0 aromatic carbocycles. The van der Waals surface area contributed by atoms with E-state index in [0.29, 0.717) is 46.9 Å². The molecule has 5 N–H and O–H groups in total. The highest BCUT2D eigenvalue weighted by molar-refractivity contribution is 8.00. The number of piperidine rings is 1. The highest BCUT2D eigenvalue weighted by atomic mass is 32.2. The second-order valence-electron chi connectivity index (χ2n) is 7.85. The van der Waals surface area contributed by atoms with Gasteiger partial charge in [-0.25, -0.2) is 0 Å². The molecular weight excluding hydrogens is 280 g/mol. The third-order valence-corrected chi connectivity index (χ3v) is 7.86. The van der Waals surface area contributed by atoms with Crippen LogP contribution in [0.3, 0.4) is 0 Å². The van der Waals surface area contributed by atoms with Crippen LogP contribution in [0.4, 0.5) is 0 Å². The molecule has 1 aliphatic carbocycles. The molecule has 3 saturated heterocycles. The third-order valence-electron chi connectivity index (χ3n) is 6.18. The Hall–Kier alpha value is 0.190. The lowest BCUT2D eigenvalue weighted by Crippen LogP contribution is -2.52. The summed E-state index contributed by atoms with van der Waals surface area (Å²) in [6.07, 6.45) is 6.99. The van der Waals surface area contributed by atoms with E-state index in [1.807, 2.05) is 0 Å². The van der Waals surface area contributed by atoms with Crippen LogP contribution in [0.25, 0.3) is 0 Å². The molecule has 4 aliphatic rings. The summed E-state index contributed by atoms with van der Waals surface area (Å²) < 4.78 is 0. The highest BCUT2D eigenvalue weighted by Gasteiger charge is 2.50. The molecule has 3 heterocycles. The fraction of sp³-hybridized carbons (Fsp3) is 1.00. The number of hydrogen-bond donors (Lipinski definition) is 4. The third kappa shape index (κ3) is 2.65. The van der Waals surface area contributed by atoms with Crippen molar-refractivity contribution in [2.75, 3.05) is 0 Å². The van der Waals surface area contributed by atoms with Gasteiger partial charge in [0.15, 0.2) is 0 Å². The lowest BCUT2D eigenvalue weighted by molar-refractivity contribution is 0.267.